The fourth-order valence-corrected chi connectivity index (χ4v) is 5.73. The number of piperazine rings is 1. The van der Waals surface area contributed by atoms with Crippen LogP contribution in [0.1, 0.15) is 22.3 Å². The van der Waals surface area contributed by atoms with E-state index in [9.17, 15) is 18.7 Å². The molecule has 0 spiro atoms. The lowest BCUT2D eigenvalue weighted by molar-refractivity contribution is 0.0589. The Morgan fingerprint density at radius 2 is 1.95 bits per heavy atom. The Morgan fingerprint density at radius 1 is 1.14 bits per heavy atom. The molecule has 10 nitrogen and oxygen atoms in total. The summed E-state index contributed by atoms with van der Waals surface area (Å²) in [6.07, 6.45) is 5.12. The molecule has 0 saturated carbocycles. The molecular weight excluding hydrogens is 544 g/mol. The number of hydrogen-bond acceptors (Lipinski definition) is 8. The average Bonchev–Trinajstić information content (AvgIpc) is 3.61. The van der Waals surface area contributed by atoms with Gasteiger partial charge in [-0.3, -0.25) is 14.1 Å². The minimum absolute atomic E-state index is 0.00963. The number of aryl methyl sites for hydroxylation is 1. The molecule has 2 aromatic heterocycles. The Kier molecular flexibility index (Phi) is 7.76. The molecular formula is C30H33F2N7O3. The van der Waals surface area contributed by atoms with Crippen LogP contribution in [0.15, 0.2) is 48.9 Å². The smallest absolute Gasteiger partial charge is 0.254 e. The van der Waals surface area contributed by atoms with Gasteiger partial charge in [-0.2, -0.15) is 4.39 Å². The van der Waals surface area contributed by atoms with Gasteiger partial charge in [-0.05, 0) is 55.8 Å². The fraction of sp³-hybridized carbons (Fsp3) is 0.367. The maximum Gasteiger partial charge on any atom is 0.254 e. The number of carbonyl (C=O) groups excluding carboxylic acids is 1. The summed E-state index contributed by atoms with van der Waals surface area (Å²) in [6.45, 7) is 6.32. The highest BCUT2D eigenvalue weighted by molar-refractivity contribution is 5.96. The van der Waals surface area contributed by atoms with E-state index >= 15 is 0 Å². The lowest BCUT2D eigenvalue weighted by Gasteiger charge is -2.36. The first-order valence-corrected chi connectivity index (χ1v) is 14.0. The van der Waals surface area contributed by atoms with E-state index in [2.05, 4.69) is 25.5 Å². The number of carbonyl (C=O) groups is 1. The number of aliphatic hydroxyl groups excluding tert-OH is 1. The molecule has 42 heavy (non-hydrogen) atoms. The van der Waals surface area contributed by atoms with Crippen LogP contribution in [0.2, 0.25) is 0 Å². The van der Waals surface area contributed by atoms with E-state index in [1.165, 1.54) is 25.4 Å². The van der Waals surface area contributed by atoms with Crippen LogP contribution < -0.4 is 15.4 Å². The highest BCUT2D eigenvalue weighted by atomic mass is 19.2. The van der Waals surface area contributed by atoms with Crippen LogP contribution in [-0.4, -0.2) is 93.7 Å². The fourth-order valence-electron chi connectivity index (χ4n) is 5.73. The first kappa shape index (κ1) is 28.0. The van der Waals surface area contributed by atoms with Crippen molar-refractivity contribution in [2.24, 2.45) is 0 Å². The van der Waals surface area contributed by atoms with Gasteiger partial charge in [0.2, 0.25) is 5.82 Å². The van der Waals surface area contributed by atoms with Crippen LogP contribution in [0, 0.1) is 18.6 Å². The van der Waals surface area contributed by atoms with Gasteiger partial charge >= 0.3 is 0 Å². The van der Waals surface area contributed by atoms with Crippen LogP contribution in [0.25, 0.3) is 16.9 Å². The van der Waals surface area contributed by atoms with E-state index < -0.39 is 11.6 Å². The number of aliphatic hydroxyl groups is 1. The lowest BCUT2D eigenvalue weighted by Crippen LogP contribution is -2.52. The number of benzene rings is 2. The van der Waals surface area contributed by atoms with E-state index in [0.29, 0.717) is 41.5 Å². The topological polar surface area (TPSA) is 107 Å². The molecule has 2 aromatic carbocycles. The van der Waals surface area contributed by atoms with Crippen LogP contribution in [0.5, 0.6) is 5.75 Å². The predicted molar refractivity (Wildman–Crippen MR) is 154 cm³/mol. The van der Waals surface area contributed by atoms with E-state index in [-0.39, 0.29) is 29.4 Å². The second-order valence-corrected chi connectivity index (χ2v) is 10.7. The number of halogens is 2. The minimum Gasteiger partial charge on any atom is -0.494 e. The Hall–Kier alpha value is -4.13. The lowest BCUT2D eigenvalue weighted by atomic mass is 10.1. The summed E-state index contributed by atoms with van der Waals surface area (Å²) in [6, 6.07) is 8.41. The van der Waals surface area contributed by atoms with Crippen molar-refractivity contribution in [1.29, 1.82) is 0 Å². The van der Waals surface area contributed by atoms with Crippen LogP contribution >= 0.6 is 0 Å². The number of nitrogens with one attached hydrogen (secondary N) is 2. The molecule has 2 atom stereocenters. The van der Waals surface area contributed by atoms with Gasteiger partial charge in [-0.1, -0.05) is 0 Å². The molecule has 6 rings (SSSR count). The van der Waals surface area contributed by atoms with E-state index in [4.69, 9.17) is 4.74 Å². The maximum absolute atomic E-state index is 14.8. The number of methoxy groups -OCH3 is 1. The van der Waals surface area contributed by atoms with Crippen LogP contribution in [-0.2, 0) is 0 Å². The molecule has 12 heteroatoms. The molecule has 2 saturated heterocycles. The number of rotatable bonds is 7. The van der Waals surface area contributed by atoms with E-state index in [0.717, 1.165) is 38.2 Å². The number of nitrogens with zero attached hydrogens (tertiary/aromatic N) is 5. The molecule has 0 aliphatic carbocycles. The summed E-state index contributed by atoms with van der Waals surface area (Å²) < 4.78 is 35.7. The van der Waals surface area contributed by atoms with Gasteiger partial charge in [0.25, 0.3) is 5.91 Å². The largest absolute Gasteiger partial charge is 0.494 e. The van der Waals surface area contributed by atoms with Crippen molar-refractivity contribution in [2.75, 3.05) is 51.7 Å². The number of hydrogen-bond donors (Lipinski definition) is 3. The summed E-state index contributed by atoms with van der Waals surface area (Å²) in [5.41, 5.74) is 3.00. The Balaban J connectivity index is 1.15. The second kappa shape index (κ2) is 11.6. The van der Waals surface area contributed by atoms with Crippen molar-refractivity contribution < 1.29 is 23.4 Å². The van der Waals surface area contributed by atoms with Gasteiger partial charge in [0.15, 0.2) is 23.0 Å². The summed E-state index contributed by atoms with van der Waals surface area (Å²) in [4.78, 5) is 26.3. The van der Waals surface area contributed by atoms with Crippen molar-refractivity contribution in [1.82, 2.24) is 29.5 Å². The first-order chi connectivity index (χ1) is 20.3. The molecule has 3 N–H and O–H groups in total. The summed E-state index contributed by atoms with van der Waals surface area (Å²) in [5.74, 6) is -1.85. The molecule has 2 aliphatic rings. The zero-order valence-electron chi connectivity index (χ0n) is 23.5. The minimum atomic E-state index is -1.06. The van der Waals surface area contributed by atoms with Gasteiger partial charge in [0.1, 0.15) is 0 Å². The Labute approximate surface area is 241 Å². The van der Waals surface area contributed by atoms with Gasteiger partial charge in [-0.25, -0.2) is 14.4 Å². The molecule has 4 aromatic rings. The third-order valence-corrected chi connectivity index (χ3v) is 8.12. The highest BCUT2D eigenvalue weighted by Crippen LogP contribution is 2.31. The monoisotopic (exact) mass is 577 g/mol. The molecule has 0 radical (unpaired) electrons. The quantitative estimate of drug-likeness (QED) is 0.308. The second-order valence-electron chi connectivity index (χ2n) is 10.7. The zero-order chi connectivity index (χ0) is 29.4. The molecule has 0 unspecified atom stereocenters. The summed E-state index contributed by atoms with van der Waals surface area (Å²) in [5, 5.41) is 16.7. The molecule has 1 amide bonds. The zero-order valence-corrected chi connectivity index (χ0v) is 23.5. The molecule has 2 aliphatic heterocycles. The maximum atomic E-state index is 14.8. The summed E-state index contributed by atoms with van der Waals surface area (Å²) in [7, 11) is 1.28. The highest BCUT2D eigenvalue weighted by Gasteiger charge is 2.29. The van der Waals surface area contributed by atoms with Crippen molar-refractivity contribution in [2.45, 2.75) is 25.5 Å². The number of imidazole rings is 1. The predicted octanol–water partition coefficient (Wildman–Crippen LogP) is 3.22. The normalized spacial score (nSPS) is 19.4. The number of aromatic nitrogens is 3. The number of fused-ring (bicyclic) bond motifs is 1. The molecule has 0 bridgehead atoms. The van der Waals surface area contributed by atoms with E-state index in [1.54, 1.807) is 22.9 Å². The summed E-state index contributed by atoms with van der Waals surface area (Å²) >= 11 is 0. The van der Waals surface area contributed by atoms with Crippen molar-refractivity contribution in [3.63, 3.8) is 0 Å². The van der Waals surface area contributed by atoms with Gasteiger partial charge in [-0.15, -0.1) is 0 Å². The van der Waals surface area contributed by atoms with Gasteiger partial charge in [0, 0.05) is 68.0 Å². The standard InChI is InChI=1S/C30H33F2N7O3/c1-18-15-19(3-4-20(18)30(41)38-13-11-37(12-14-38)17-22-24(40)7-8-33-22)36-28-29-35-16-23(39(29)10-9-34-28)21-5-6-25(42-2)27(32)26(21)31/h3-6,9-10,15-16,22,24,33,40H,7-8,11-14,17H2,1-2H3,(H,34,36)/t22-,24+/m1/s1. The van der Waals surface area contributed by atoms with Gasteiger partial charge < -0.3 is 25.4 Å². The Bertz CT molecular complexity index is 1620. The first-order valence-electron chi connectivity index (χ1n) is 14.0. The number of ether oxygens (including phenoxy) is 1. The van der Waals surface area contributed by atoms with Crippen LogP contribution in [0.4, 0.5) is 20.3 Å². The number of amides is 1. The van der Waals surface area contributed by atoms with Crippen LogP contribution in [0.3, 0.4) is 0 Å². The molecule has 4 heterocycles. The SMILES string of the molecule is COc1ccc(-c2cnc3c(Nc4ccc(C(=O)N5CCN(C[C@H]6NCC[C@@H]6O)CC5)c(C)c4)nccn23)c(F)c1F. The average molecular weight is 578 g/mol. The third kappa shape index (κ3) is 5.28. The number of anilines is 2. The molecule has 220 valence electrons. The molecule has 2 fully saturated rings. The van der Waals surface area contributed by atoms with Gasteiger partial charge in [0.05, 0.1) is 25.1 Å². The third-order valence-electron chi connectivity index (χ3n) is 8.12. The van der Waals surface area contributed by atoms with Crippen molar-refractivity contribution >= 4 is 23.1 Å². The van der Waals surface area contributed by atoms with Crippen molar-refractivity contribution in [3.8, 4) is 17.0 Å². The van der Waals surface area contributed by atoms with Crippen molar-refractivity contribution in [3.05, 3.63) is 71.7 Å². The van der Waals surface area contributed by atoms with E-state index in [1.807, 2.05) is 24.0 Å². The Morgan fingerprint density at radius 3 is 2.67 bits per heavy atom.